The van der Waals surface area contributed by atoms with Gasteiger partial charge in [-0.25, -0.2) is 9.78 Å². The zero-order chi connectivity index (χ0) is 22.8. The van der Waals surface area contributed by atoms with Gasteiger partial charge in [-0.2, -0.15) is 0 Å². The number of allylic oxidation sites excluding steroid dienone is 1. The molecule has 1 N–H and O–H groups in total. The van der Waals surface area contributed by atoms with Crippen molar-refractivity contribution in [3.05, 3.63) is 43.9 Å². The van der Waals surface area contributed by atoms with Crippen LogP contribution < -0.4 is 11.2 Å². The van der Waals surface area contributed by atoms with Crippen molar-refractivity contribution in [2.75, 3.05) is 0 Å². The smallest absolute Gasteiger partial charge is 0.331 e. The first-order chi connectivity index (χ1) is 16.1. The second-order valence-electron chi connectivity index (χ2n) is 9.80. The molecule has 0 spiro atoms. The van der Waals surface area contributed by atoms with Gasteiger partial charge in [0.1, 0.15) is 5.52 Å². The molecule has 3 heterocycles. The summed E-state index contributed by atoms with van der Waals surface area (Å²) in [5.74, 6) is 1.56. The van der Waals surface area contributed by atoms with E-state index < -0.39 is 0 Å². The summed E-state index contributed by atoms with van der Waals surface area (Å²) in [5.41, 5.74) is 0.593. The lowest BCUT2D eigenvalue weighted by Gasteiger charge is -2.24. The quantitative estimate of drug-likeness (QED) is 0.498. The van der Waals surface area contributed by atoms with Crippen LogP contribution in [0.4, 0.5) is 0 Å². The minimum Gasteiger partial charge on any atom is -0.331 e. The minimum absolute atomic E-state index is 0.178. The SMILES string of the molecule is C/C=C/c1ccc(-c2nc3c([nH]2)c(=O)n(CC2CCCCC2)c(=O)n3CC2CCCCC2)s1. The van der Waals surface area contributed by atoms with Crippen LogP contribution in [0.15, 0.2) is 27.8 Å². The molecule has 0 unspecified atom stereocenters. The Kier molecular flexibility index (Phi) is 6.67. The number of thiophene rings is 1. The molecule has 0 saturated heterocycles. The van der Waals surface area contributed by atoms with Crippen LogP contribution in [-0.2, 0) is 13.1 Å². The van der Waals surface area contributed by atoms with Crippen molar-refractivity contribution in [1.29, 1.82) is 0 Å². The molecule has 0 radical (unpaired) electrons. The van der Waals surface area contributed by atoms with E-state index in [4.69, 9.17) is 4.98 Å². The second-order valence-corrected chi connectivity index (χ2v) is 10.9. The number of hydrogen-bond donors (Lipinski definition) is 1. The average molecular weight is 467 g/mol. The molecule has 6 nitrogen and oxygen atoms in total. The van der Waals surface area contributed by atoms with E-state index in [2.05, 4.69) is 17.1 Å². The predicted octanol–water partition coefficient (Wildman–Crippen LogP) is 5.81. The fourth-order valence-corrected chi connectivity index (χ4v) is 6.52. The van der Waals surface area contributed by atoms with Gasteiger partial charge in [0.05, 0.1) is 4.88 Å². The van der Waals surface area contributed by atoms with E-state index >= 15 is 0 Å². The first-order valence-electron chi connectivity index (χ1n) is 12.6. The van der Waals surface area contributed by atoms with E-state index in [1.165, 1.54) is 43.1 Å². The monoisotopic (exact) mass is 466 g/mol. The number of imidazole rings is 1. The molecule has 2 aliphatic rings. The molecule has 3 aromatic heterocycles. The fraction of sp³-hybridized carbons (Fsp3) is 0.577. The summed E-state index contributed by atoms with van der Waals surface area (Å²) in [4.78, 5) is 37.4. The second kappa shape index (κ2) is 9.84. The average Bonchev–Trinajstić information content (AvgIpc) is 3.49. The Labute approximate surface area is 198 Å². The Morgan fingerprint density at radius 2 is 1.61 bits per heavy atom. The molecule has 0 amide bonds. The van der Waals surface area contributed by atoms with Crippen LogP contribution in [0.25, 0.3) is 27.9 Å². The van der Waals surface area contributed by atoms with Gasteiger partial charge in [0, 0.05) is 18.0 Å². The van der Waals surface area contributed by atoms with Gasteiger partial charge in [0.15, 0.2) is 11.5 Å². The Hall–Kier alpha value is -2.41. The van der Waals surface area contributed by atoms with Crippen molar-refractivity contribution in [2.24, 2.45) is 11.8 Å². The van der Waals surface area contributed by atoms with E-state index in [0.29, 0.717) is 41.9 Å². The van der Waals surface area contributed by atoms with Crippen molar-refractivity contribution in [3.8, 4) is 10.7 Å². The highest BCUT2D eigenvalue weighted by molar-refractivity contribution is 7.16. The molecular formula is C26H34N4O2S. The highest BCUT2D eigenvalue weighted by Gasteiger charge is 2.24. The summed E-state index contributed by atoms with van der Waals surface area (Å²) < 4.78 is 3.30. The third kappa shape index (κ3) is 4.65. The van der Waals surface area contributed by atoms with Gasteiger partial charge in [-0.3, -0.25) is 13.9 Å². The molecule has 7 heteroatoms. The van der Waals surface area contributed by atoms with E-state index in [-0.39, 0.29) is 11.2 Å². The summed E-state index contributed by atoms with van der Waals surface area (Å²) in [6, 6.07) is 4.09. The van der Waals surface area contributed by atoms with Crippen molar-refractivity contribution in [3.63, 3.8) is 0 Å². The zero-order valence-corrected chi connectivity index (χ0v) is 20.3. The number of hydrogen-bond acceptors (Lipinski definition) is 4. The van der Waals surface area contributed by atoms with Gasteiger partial charge in [-0.05, 0) is 62.7 Å². The van der Waals surface area contributed by atoms with Gasteiger partial charge in [-0.1, -0.05) is 44.6 Å². The molecular weight excluding hydrogens is 432 g/mol. The lowest BCUT2D eigenvalue weighted by molar-refractivity contribution is 0.296. The standard InChI is InChI=1S/C26H34N4O2S/c1-2-9-20-14-15-21(33-20)23-27-22-24(28-23)29(16-18-10-5-3-6-11-18)26(32)30(25(22)31)17-19-12-7-4-8-13-19/h2,9,14-15,18-19H,3-8,10-13,16-17H2,1H3,(H,27,28)/b9-2+. The van der Waals surface area contributed by atoms with Crippen molar-refractivity contribution >= 4 is 28.6 Å². The summed E-state index contributed by atoms with van der Waals surface area (Å²) >= 11 is 1.63. The van der Waals surface area contributed by atoms with Crippen LogP contribution in [0.1, 0.15) is 76.0 Å². The summed E-state index contributed by atoms with van der Waals surface area (Å²) in [6.45, 7) is 3.18. The number of nitrogens with one attached hydrogen (secondary N) is 1. The molecule has 33 heavy (non-hydrogen) atoms. The molecule has 0 atom stereocenters. The van der Waals surface area contributed by atoms with Crippen LogP contribution in [0.5, 0.6) is 0 Å². The molecule has 0 aromatic carbocycles. The van der Waals surface area contributed by atoms with E-state index in [1.54, 1.807) is 15.9 Å². The summed E-state index contributed by atoms with van der Waals surface area (Å²) in [6.07, 6.45) is 15.9. The minimum atomic E-state index is -0.218. The van der Waals surface area contributed by atoms with E-state index in [0.717, 1.165) is 35.4 Å². The third-order valence-corrected chi connectivity index (χ3v) is 8.44. The van der Waals surface area contributed by atoms with Crippen LogP contribution in [0.3, 0.4) is 0 Å². The molecule has 0 bridgehead atoms. The molecule has 176 valence electrons. The number of H-pyrrole nitrogens is 1. The maximum Gasteiger partial charge on any atom is 0.332 e. The van der Waals surface area contributed by atoms with Crippen LogP contribution in [0, 0.1) is 11.8 Å². The van der Waals surface area contributed by atoms with Crippen molar-refractivity contribution in [2.45, 2.75) is 84.2 Å². The molecule has 5 rings (SSSR count). The number of fused-ring (bicyclic) bond motifs is 1. The lowest BCUT2D eigenvalue weighted by atomic mass is 9.89. The van der Waals surface area contributed by atoms with Gasteiger partial charge in [-0.15, -0.1) is 11.3 Å². The van der Waals surface area contributed by atoms with Gasteiger partial charge in [0.25, 0.3) is 5.56 Å². The van der Waals surface area contributed by atoms with Crippen molar-refractivity contribution in [1.82, 2.24) is 19.1 Å². The highest BCUT2D eigenvalue weighted by atomic mass is 32.1. The third-order valence-electron chi connectivity index (χ3n) is 7.38. The van der Waals surface area contributed by atoms with Crippen LogP contribution in [0.2, 0.25) is 0 Å². The summed E-state index contributed by atoms with van der Waals surface area (Å²) in [5, 5.41) is 0. The first kappa shape index (κ1) is 22.4. The van der Waals surface area contributed by atoms with Crippen molar-refractivity contribution < 1.29 is 0 Å². The van der Waals surface area contributed by atoms with E-state index in [1.807, 2.05) is 19.1 Å². The van der Waals surface area contributed by atoms with E-state index in [9.17, 15) is 9.59 Å². The molecule has 3 aromatic rings. The largest absolute Gasteiger partial charge is 0.332 e. The van der Waals surface area contributed by atoms with Gasteiger partial charge >= 0.3 is 5.69 Å². The number of aromatic nitrogens is 4. The number of nitrogens with zero attached hydrogens (tertiary/aromatic N) is 3. The Bertz CT molecular complexity index is 1250. The lowest BCUT2D eigenvalue weighted by Crippen LogP contribution is -2.42. The summed E-state index contributed by atoms with van der Waals surface area (Å²) in [7, 11) is 0. The molecule has 0 aliphatic heterocycles. The van der Waals surface area contributed by atoms with Crippen LogP contribution in [-0.4, -0.2) is 19.1 Å². The highest BCUT2D eigenvalue weighted by Crippen LogP contribution is 2.29. The Morgan fingerprint density at radius 1 is 0.970 bits per heavy atom. The maximum atomic E-state index is 13.7. The molecule has 2 saturated carbocycles. The van der Waals surface area contributed by atoms with Gasteiger partial charge in [0.2, 0.25) is 0 Å². The first-order valence-corrected chi connectivity index (χ1v) is 13.4. The Balaban J connectivity index is 1.60. The zero-order valence-electron chi connectivity index (χ0n) is 19.5. The normalized spacial score (nSPS) is 18.6. The molecule has 2 aliphatic carbocycles. The topological polar surface area (TPSA) is 72.7 Å². The Morgan fingerprint density at radius 3 is 2.24 bits per heavy atom. The number of rotatable bonds is 6. The van der Waals surface area contributed by atoms with Gasteiger partial charge < -0.3 is 4.98 Å². The number of aromatic amines is 1. The molecule has 2 fully saturated rings. The van der Waals surface area contributed by atoms with Crippen LogP contribution >= 0.6 is 11.3 Å². The fourth-order valence-electron chi connectivity index (χ4n) is 5.60. The predicted molar refractivity (Wildman–Crippen MR) is 136 cm³/mol. The maximum absolute atomic E-state index is 13.7.